The fourth-order valence-corrected chi connectivity index (χ4v) is 1.55. The molecule has 0 heterocycles. The van der Waals surface area contributed by atoms with Crippen LogP contribution in [0.3, 0.4) is 0 Å². The number of rotatable bonds is 6. The molecule has 0 unspecified atom stereocenters. The van der Waals surface area contributed by atoms with Crippen molar-refractivity contribution in [1.29, 1.82) is 0 Å². The van der Waals surface area contributed by atoms with E-state index in [9.17, 15) is 4.79 Å². The van der Waals surface area contributed by atoms with Crippen molar-refractivity contribution >= 4 is 23.3 Å². The molecule has 0 saturated carbocycles. The minimum Gasteiger partial charge on any atom is -0.478 e. The maximum atomic E-state index is 10.7. The van der Waals surface area contributed by atoms with Crippen LogP contribution in [0.1, 0.15) is 24.2 Å². The van der Waals surface area contributed by atoms with Gasteiger partial charge in [-0.3, -0.25) is 0 Å². The van der Waals surface area contributed by atoms with Crippen LogP contribution >= 0.6 is 11.6 Å². The summed E-state index contributed by atoms with van der Waals surface area (Å²) in [5, 5.41) is 12.1. The molecule has 17 heavy (non-hydrogen) atoms. The van der Waals surface area contributed by atoms with E-state index in [1.165, 1.54) is 6.07 Å². The number of hydrogen-bond donors (Lipinski definition) is 2. The highest BCUT2D eigenvalue weighted by atomic mass is 35.5. The van der Waals surface area contributed by atoms with E-state index >= 15 is 0 Å². The Bertz CT molecular complexity index is 393. The molecule has 1 rings (SSSR count). The molecule has 0 aliphatic rings. The van der Waals surface area contributed by atoms with E-state index in [2.05, 4.69) is 5.32 Å². The molecule has 2 N–H and O–H groups in total. The van der Waals surface area contributed by atoms with Crippen LogP contribution < -0.4 is 5.32 Å². The molecule has 4 nitrogen and oxygen atoms in total. The summed E-state index contributed by atoms with van der Waals surface area (Å²) in [5.74, 6) is -1.02. The van der Waals surface area contributed by atoms with Crippen molar-refractivity contribution in [2.24, 2.45) is 0 Å². The molecule has 0 atom stereocenters. The lowest BCUT2D eigenvalue weighted by atomic mass is 10.2. The number of carboxylic acid groups (broad SMARTS) is 1. The van der Waals surface area contributed by atoms with Gasteiger partial charge in [-0.1, -0.05) is 11.6 Å². The molecule has 0 amide bonds. The highest BCUT2D eigenvalue weighted by molar-refractivity contribution is 6.33. The van der Waals surface area contributed by atoms with Crippen LogP contribution in [0.4, 0.5) is 5.69 Å². The van der Waals surface area contributed by atoms with E-state index in [1.54, 1.807) is 12.1 Å². The number of carboxylic acids is 1. The Morgan fingerprint density at radius 2 is 2.24 bits per heavy atom. The molecule has 0 aliphatic heterocycles. The Hall–Kier alpha value is -1.26. The van der Waals surface area contributed by atoms with Gasteiger partial charge >= 0.3 is 5.97 Å². The Balaban J connectivity index is 2.50. The lowest BCUT2D eigenvalue weighted by Gasteiger charge is -2.10. The van der Waals surface area contributed by atoms with Crippen molar-refractivity contribution in [1.82, 2.24) is 0 Å². The van der Waals surface area contributed by atoms with Gasteiger partial charge in [-0.25, -0.2) is 4.79 Å². The van der Waals surface area contributed by atoms with Crippen molar-refractivity contribution in [2.75, 3.05) is 18.5 Å². The summed E-state index contributed by atoms with van der Waals surface area (Å²) >= 11 is 5.84. The van der Waals surface area contributed by atoms with Gasteiger partial charge in [-0.15, -0.1) is 0 Å². The zero-order valence-corrected chi connectivity index (χ0v) is 10.6. The van der Waals surface area contributed by atoms with E-state index in [1.807, 2.05) is 13.8 Å². The molecule has 1 aromatic rings. The average molecular weight is 258 g/mol. The molecule has 0 aliphatic carbocycles. The lowest BCUT2D eigenvalue weighted by Crippen LogP contribution is -2.13. The fraction of sp³-hybridized carbons (Fsp3) is 0.417. The first kappa shape index (κ1) is 13.8. The molecule has 1 aromatic carbocycles. The zero-order chi connectivity index (χ0) is 12.8. The van der Waals surface area contributed by atoms with Crippen molar-refractivity contribution in [3.8, 4) is 0 Å². The number of ether oxygens (including phenoxy) is 1. The molecule has 0 bridgehead atoms. The first-order valence-electron chi connectivity index (χ1n) is 5.39. The molecule has 0 spiro atoms. The number of anilines is 1. The van der Waals surface area contributed by atoms with Crippen LogP contribution in [0, 0.1) is 0 Å². The number of carbonyl (C=O) groups is 1. The molecule has 0 radical (unpaired) electrons. The number of nitrogens with one attached hydrogen (secondary N) is 1. The number of benzene rings is 1. The monoisotopic (exact) mass is 257 g/mol. The largest absolute Gasteiger partial charge is 0.478 e. The van der Waals surface area contributed by atoms with E-state index in [-0.39, 0.29) is 16.7 Å². The molecular weight excluding hydrogens is 242 g/mol. The molecule has 0 aromatic heterocycles. The summed E-state index contributed by atoms with van der Waals surface area (Å²) in [6.45, 7) is 5.19. The second-order valence-electron chi connectivity index (χ2n) is 3.85. The van der Waals surface area contributed by atoms with Crippen LogP contribution in [-0.4, -0.2) is 30.3 Å². The molecular formula is C12H16ClNO3. The van der Waals surface area contributed by atoms with E-state index < -0.39 is 5.97 Å². The third kappa shape index (κ3) is 4.63. The summed E-state index contributed by atoms with van der Waals surface area (Å²) in [5.41, 5.74) is 0.892. The van der Waals surface area contributed by atoms with Gasteiger partial charge in [-0.2, -0.15) is 0 Å². The summed E-state index contributed by atoms with van der Waals surface area (Å²) in [4.78, 5) is 10.7. The van der Waals surface area contributed by atoms with Gasteiger partial charge in [-0.05, 0) is 32.0 Å². The first-order chi connectivity index (χ1) is 8.00. The third-order valence-electron chi connectivity index (χ3n) is 2.08. The summed E-state index contributed by atoms with van der Waals surface area (Å²) in [6.07, 6.45) is 0.203. The van der Waals surface area contributed by atoms with Gasteiger partial charge in [0.25, 0.3) is 0 Å². The lowest BCUT2D eigenvalue weighted by molar-refractivity contribution is 0.0697. The first-order valence-corrected chi connectivity index (χ1v) is 5.77. The molecule has 0 fully saturated rings. The highest BCUT2D eigenvalue weighted by Crippen LogP contribution is 2.20. The van der Waals surface area contributed by atoms with Gasteiger partial charge in [0.2, 0.25) is 0 Å². The molecule has 94 valence electrons. The van der Waals surface area contributed by atoms with Crippen LogP contribution in [0.15, 0.2) is 18.2 Å². The van der Waals surface area contributed by atoms with E-state index in [0.717, 1.165) is 5.69 Å². The summed E-state index contributed by atoms with van der Waals surface area (Å²) < 4.78 is 5.37. The normalized spacial score (nSPS) is 10.6. The average Bonchev–Trinajstić information content (AvgIpc) is 2.23. The standard InChI is InChI=1S/C12H16ClNO3/c1-8(2)17-6-5-14-9-3-4-10(12(15)16)11(13)7-9/h3-4,7-8,14H,5-6H2,1-2H3,(H,15,16). The van der Waals surface area contributed by atoms with Crippen LogP contribution in [-0.2, 0) is 4.74 Å². The quantitative estimate of drug-likeness (QED) is 0.770. The summed E-state index contributed by atoms with van der Waals surface area (Å²) in [6, 6.07) is 4.77. The van der Waals surface area contributed by atoms with Crippen molar-refractivity contribution in [3.05, 3.63) is 28.8 Å². The number of aromatic carboxylic acids is 1. The Kier molecular flexibility index (Phi) is 5.25. The molecule has 5 heteroatoms. The number of hydrogen-bond acceptors (Lipinski definition) is 3. The SMILES string of the molecule is CC(C)OCCNc1ccc(C(=O)O)c(Cl)c1. The van der Waals surface area contributed by atoms with E-state index in [0.29, 0.717) is 13.2 Å². The Morgan fingerprint density at radius 1 is 1.53 bits per heavy atom. The highest BCUT2D eigenvalue weighted by Gasteiger charge is 2.08. The second-order valence-corrected chi connectivity index (χ2v) is 4.25. The second kappa shape index (κ2) is 6.47. The predicted molar refractivity (Wildman–Crippen MR) is 68.0 cm³/mol. The van der Waals surface area contributed by atoms with Crippen LogP contribution in [0.2, 0.25) is 5.02 Å². The predicted octanol–water partition coefficient (Wildman–Crippen LogP) is 2.88. The zero-order valence-electron chi connectivity index (χ0n) is 9.87. The smallest absolute Gasteiger partial charge is 0.337 e. The van der Waals surface area contributed by atoms with Gasteiger partial charge < -0.3 is 15.2 Å². The third-order valence-corrected chi connectivity index (χ3v) is 2.39. The maximum Gasteiger partial charge on any atom is 0.337 e. The van der Waals surface area contributed by atoms with Gasteiger partial charge in [0.15, 0.2) is 0 Å². The topological polar surface area (TPSA) is 58.6 Å². The Labute approximate surface area is 106 Å². The minimum atomic E-state index is -1.02. The maximum absolute atomic E-state index is 10.7. The van der Waals surface area contributed by atoms with Gasteiger partial charge in [0.1, 0.15) is 0 Å². The van der Waals surface area contributed by atoms with Crippen molar-refractivity contribution in [2.45, 2.75) is 20.0 Å². The van der Waals surface area contributed by atoms with Gasteiger partial charge in [0, 0.05) is 12.2 Å². The minimum absolute atomic E-state index is 0.107. The molecule has 0 saturated heterocycles. The van der Waals surface area contributed by atoms with Crippen molar-refractivity contribution in [3.63, 3.8) is 0 Å². The van der Waals surface area contributed by atoms with Crippen LogP contribution in [0.5, 0.6) is 0 Å². The summed E-state index contributed by atoms with van der Waals surface area (Å²) in [7, 11) is 0. The van der Waals surface area contributed by atoms with Gasteiger partial charge in [0.05, 0.1) is 23.3 Å². The van der Waals surface area contributed by atoms with Crippen molar-refractivity contribution < 1.29 is 14.6 Å². The Morgan fingerprint density at radius 3 is 2.76 bits per heavy atom. The number of halogens is 1. The van der Waals surface area contributed by atoms with Crippen LogP contribution in [0.25, 0.3) is 0 Å². The van der Waals surface area contributed by atoms with E-state index in [4.69, 9.17) is 21.4 Å². The fourth-order valence-electron chi connectivity index (χ4n) is 1.29.